The zero-order valence-electron chi connectivity index (χ0n) is 11.4. The van der Waals surface area contributed by atoms with Crippen molar-refractivity contribution in [3.8, 4) is 0 Å². The highest BCUT2D eigenvalue weighted by Crippen LogP contribution is 2.36. The zero-order chi connectivity index (χ0) is 14.1. The normalized spacial score (nSPS) is 25.5. The molecule has 1 amide bonds. The first-order chi connectivity index (χ1) is 8.06. The molecule has 1 aliphatic rings. The maximum atomic E-state index is 11.3. The molecule has 1 fully saturated rings. The molecule has 0 aromatic carbocycles. The van der Waals surface area contributed by atoms with Crippen LogP contribution in [0.2, 0.25) is 18.1 Å². The largest absolute Gasteiger partial charge is 0.464 e. The fourth-order valence-corrected chi connectivity index (χ4v) is 3.16. The molecule has 0 aromatic heterocycles. The Labute approximate surface area is 111 Å². The van der Waals surface area contributed by atoms with E-state index in [0.29, 0.717) is 0 Å². The van der Waals surface area contributed by atoms with Gasteiger partial charge < -0.3 is 9.53 Å². The highest BCUT2D eigenvalue weighted by molar-refractivity contribution is 7.78. The molecule has 1 unspecified atom stereocenters. The van der Waals surface area contributed by atoms with Crippen LogP contribution in [0.25, 0.3) is 0 Å². The number of nitrogens with zero attached hydrogens (tertiary/aromatic N) is 1. The van der Waals surface area contributed by atoms with Crippen LogP contribution in [0.3, 0.4) is 0 Å². The summed E-state index contributed by atoms with van der Waals surface area (Å²) in [6.07, 6.45) is -1.24. The van der Waals surface area contributed by atoms with Crippen molar-refractivity contribution in [2.24, 2.45) is 0 Å². The highest BCUT2D eigenvalue weighted by Gasteiger charge is 2.41. The van der Waals surface area contributed by atoms with Gasteiger partial charge in [0, 0.05) is 0 Å². The van der Waals surface area contributed by atoms with Crippen LogP contribution in [-0.4, -0.2) is 47.3 Å². The Morgan fingerprint density at radius 2 is 2.11 bits per heavy atom. The second kappa shape index (κ2) is 5.28. The molecular formula is C10H21NO5SSi. The average molecular weight is 295 g/mol. The molecule has 1 rings (SSSR count). The van der Waals surface area contributed by atoms with Crippen LogP contribution in [0.1, 0.15) is 20.8 Å². The standard InChI is InChI=1S/C10H21NO5SSi/c1-10(2,3)18(4,5)16-7-8-6-15-17(14)11(8)9(12)13/h8H,6-7H2,1-5H3,(H,12,13)/t8-,17?/m0/s1. The Bertz CT molecular complexity index is 355. The summed E-state index contributed by atoms with van der Waals surface area (Å²) < 4.78 is 22.9. The molecule has 1 aliphatic heterocycles. The van der Waals surface area contributed by atoms with Gasteiger partial charge in [-0.25, -0.2) is 9.00 Å². The van der Waals surface area contributed by atoms with Crippen molar-refractivity contribution in [3.05, 3.63) is 0 Å². The second-order valence-electron chi connectivity index (χ2n) is 5.84. The maximum absolute atomic E-state index is 11.3. The van der Waals surface area contributed by atoms with Crippen LogP contribution in [0.5, 0.6) is 0 Å². The van der Waals surface area contributed by atoms with Crippen LogP contribution in [0.4, 0.5) is 4.79 Å². The average Bonchev–Trinajstić information content (AvgIpc) is 2.55. The van der Waals surface area contributed by atoms with Crippen molar-refractivity contribution in [2.45, 2.75) is 44.9 Å². The Morgan fingerprint density at radius 1 is 1.56 bits per heavy atom. The molecule has 6 nitrogen and oxygen atoms in total. The lowest BCUT2D eigenvalue weighted by molar-refractivity contribution is 0.145. The third-order valence-corrected chi connectivity index (χ3v) is 9.10. The van der Waals surface area contributed by atoms with Gasteiger partial charge in [-0.1, -0.05) is 20.8 Å². The minimum atomic E-state index is -1.93. The summed E-state index contributed by atoms with van der Waals surface area (Å²) in [6, 6.07) is -0.488. The first kappa shape index (κ1) is 15.6. The molecule has 2 atom stereocenters. The molecule has 1 heterocycles. The number of amides is 1. The lowest BCUT2D eigenvalue weighted by atomic mass is 10.2. The minimum absolute atomic E-state index is 0.0552. The molecule has 106 valence electrons. The molecule has 1 saturated heterocycles. The summed E-state index contributed by atoms with van der Waals surface area (Å²) in [5.41, 5.74) is 0. The quantitative estimate of drug-likeness (QED) is 0.806. The zero-order valence-corrected chi connectivity index (χ0v) is 13.2. The van der Waals surface area contributed by atoms with E-state index in [0.717, 1.165) is 4.31 Å². The third kappa shape index (κ3) is 3.31. The van der Waals surface area contributed by atoms with Crippen molar-refractivity contribution >= 4 is 25.7 Å². The lowest BCUT2D eigenvalue weighted by Gasteiger charge is -2.37. The van der Waals surface area contributed by atoms with Crippen LogP contribution in [-0.2, 0) is 19.9 Å². The van der Waals surface area contributed by atoms with E-state index in [9.17, 15) is 9.00 Å². The summed E-state index contributed by atoms with van der Waals surface area (Å²) >= 11 is -1.90. The molecule has 0 radical (unpaired) electrons. The van der Waals surface area contributed by atoms with Gasteiger partial charge in [0.15, 0.2) is 8.32 Å². The van der Waals surface area contributed by atoms with Crippen molar-refractivity contribution in [3.63, 3.8) is 0 Å². The first-order valence-corrected chi connectivity index (χ1v) is 9.71. The molecule has 18 heavy (non-hydrogen) atoms. The van der Waals surface area contributed by atoms with Crippen molar-refractivity contribution < 1.29 is 22.7 Å². The predicted molar refractivity (Wildman–Crippen MR) is 70.9 cm³/mol. The van der Waals surface area contributed by atoms with E-state index in [1.807, 2.05) is 0 Å². The summed E-state index contributed by atoms with van der Waals surface area (Å²) in [5, 5.41) is 9.01. The van der Waals surface area contributed by atoms with Gasteiger partial charge in [0.2, 0.25) is 0 Å². The fraction of sp³-hybridized carbons (Fsp3) is 0.900. The Balaban J connectivity index is 2.64. The van der Waals surface area contributed by atoms with E-state index >= 15 is 0 Å². The molecule has 0 saturated carbocycles. The number of hydrogen-bond donors (Lipinski definition) is 1. The number of carbonyl (C=O) groups is 1. The van der Waals surface area contributed by atoms with Crippen LogP contribution in [0, 0.1) is 0 Å². The van der Waals surface area contributed by atoms with Gasteiger partial charge in [0.25, 0.3) is 11.3 Å². The Morgan fingerprint density at radius 3 is 2.56 bits per heavy atom. The van der Waals surface area contributed by atoms with E-state index in [4.69, 9.17) is 13.7 Å². The van der Waals surface area contributed by atoms with Crippen LogP contribution < -0.4 is 0 Å². The van der Waals surface area contributed by atoms with E-state index in [1.54, 1.807) is 0 Å². The molecule has 1 N–H and O–H groups in total. The summed E-state index contributed by atoms with van der Waals surface area (Å²) in [6.45, 7) is 10.9. The van der Waals surface area contributed by atoms with Gasteiger partial charge in [-0.05, 0) is 18.1 Å². The van der Waals surface area contributed by atoms with E-state index < -0.39 is 31.7 Å². The summed E-state index contributed by atoms with van der Waals surface area (Å²) in [5.74, 6) is 0. The van der Waals surface area contributed by atoms with Gasteiger partial charge in [-0.2, -0.15) is 4.31 Å². The molecule has 0 aliphatic carbocycles. The summed E-state index contributed by atoms with van der Waals surface area (Å²) in [4.78, 5) is 11.0. The fourth-order valence-electron chi connectivity index (χ4n) is 1.24. The number of hydrogen-bond acceptors (Lipinski definition) is 4. The van der Waals surface area contributed by atoms with Gasteiger partial charge in [0.05, 0.1) is 19.3 Å². The number of carboxylic acid groups (broad SMARTS) is 1. The topological polar surface area (TPSA) is 76.1 Å². The van der Waals surface area contributed by atoms with Crippen LogP contribution in [0.15, 0.2) is 0 Å². The van der Waals surface area contributed by atoms with Crippen molar-refractivity contribution in [1.29, 1.82) is 0 Å². The molecule has 0 spiro atoms. The Hall–Kier alpha value is -0.443. The van der Waals surface area contributed by atoms with E-state index in [2.05, 4.69) is 33.9 Å². The smallest absolute Gasteiger partial charge is 0.421 e. The minimum Gasteiger partial charge on any atom is -0.464 e. The third-order valence-electron chi connectivity index (χ3n) is 3.48. The summed E-state index contributed by atoms with van der Waals surface area (Å²) in [7, 11) is -1.93. The highest BCUT2D eigenvalue weighted by atomic mass is 32.2. The number of rotatable bonds is 3. The lowest BCUT2D eigenvalue weighted by Crippen LogP contribution is -2.46. The van der Waals surface area contributed by atoms with E-state index in [-0.39, 0.29) is 18.3 Å². The Kier molecular flexibility index (Phi) is 4.58. The molecule has 0 aromatic rings. The van der Waals surface area contributed by atoms with Crippen molar-refractivity contribution in [2.75, 3.05) is 13.2 Å². The predicted octanol–water partition coefficient (Wildman–Crippen LogP) is 1.97. The first-order valence-electron chi connectivity index (χ1n) is 5.77. The van der Waals surface area contributed by atoms with Gasteiger partial charge in [0.1, 0.15) is 0 Å². The van der Waals surface area contributed by atoms with Crippen molar-refractivity contribution in [1.82, 2.24) is 4.31 Å². The van der Waals surface area contributed by atoms with Gasteiger partial charge >= 0.3 is 6.09 Å². The van der Waals surface area contributed by atoms with Crippen LogP contribution >= 0.6 is 0 Å². The second-order valence-corrected chi connectivity index (χ2v) is 11.7. The van der Waals surface area contributed by atoms with Gasteiger partial charge in [-0.15, -0.1) is 0 Å². The molecule has 8 heteroatoms. The monoisotopic (exact) mass is 295 g/mol. The molecular weight excluding hydrogens is 274 g/mol. The SMILES string of the molecule is CC(C)(C)[Si](C)(C)OC[C@@H]1COS(=O)N1C(=O)O. The molecule has 0 bridgehead atoms. The maximum Gasteiger partial charge on any atom is 0.421 e. The van der Waals surface area contributed by atoms with E-state index in [1.165, 1.54) is 0 Å². The van der Waals surface area contributed by atoms with Gasteiger partial charge in [-0.3, -0.25) is 4.18 Å².